The van der Waals surface area contributed by atoms with E-state index in [0.717, 1.165) is 12.8 Å². The molecule has 1 fully saturated rings. The lowest BCUT2D eigenvalue weighted by Crippen LogP contribution is -2.55. The maximum atomic E-state index is 10.8. The second-order valence-corrected chi connectivity index (χ2v) is 5.80. The van der Waals surface area contributed by atoms with E-state index in [-0.39, 0.29) is 5.41 Å². The summed E-state index contributed by atoms with van der Waals surface area (Å²) in [6.45, 7) is 9.11. The van der Waals surface area contributed by atoms with Gasteiger partial charge in [0.1, 0.15) is 0 Å². The lowest BCUT2D eigenvalue weighted by molar-refractivity contribution is -0.136. The molecular weight excluding hydrogens is 174 g/mol. The fraction of sp³-hybridized carbons (Fsp3) is 1.00. The first-order valence-corrected chi connectivity index (χ1v) is 5.76. The van der Waals surface area contributed by atoms with E-state index in [1.165, 1.54) is 6.42 Å². The third-order valence-corrected chi connectivity index (χ3v) is 4.25. The van der Waals surface area contributed by atoms with Gasteiger partial charge in [-0.2, -0.15) is 0 Å². The topological polar surface area (TPSA) is 46.2 Å². The molecule has 0 aromatic rings. The average molecular weight is 199 g/mol. The molecule has 14 heavy (non-hydrogen) atoms. The van der Waals surface area contributed by atoms with Gasteiger partial charge < -0.3 is 10.8 Å². The number of hydrogen-bond donors (Lipinski definition) is 2. The van der Waals surface area contributed by atoms with Crippen LogP contribution in [0.25, 0.3) is 0 Å². The van der Waals surface area contributed by atoms with E-state index < -0.39 is 5.60 Å². The Hall–Kier alpha value is -0.0800. The quantitative estimate of drug-likeness (QED) is 0.716. The summed E-state index contributed by atoms with van der Waals surface area (Å²) in [6.07, 6.45) is 3.27. The molecule has 0 amide bonds. The first-order valence-electron chi connectivity index (χ1n) is 5.76. The molecule has 0 aromatic heterocycles. The zero-order valence-electron chi connectivity index (χ0n) is 10.0. The molecule has 3 unspecified atom stereocenters. The summed E-state index contributed by atoms with van der Waals surface area (Å²) in [4.78, 5) is 0. The van der Waals surface area contributed by atoms with Crippen LogP contribution in [-0.2, 0) is 0 Å². The predicted molar refractivity (Wildman–Crippen MR) is 60.0 cm³/mol. The Morgan fingerprint density at radius 3 is 2.43 bits per heavy atom. The van der Waals surface area contributed by atoms with Crippen molar-refractivity contribution in [3.8, 4) is 0 Å². The first-order chi connectivity index (χ1) is 6.33. The third-order valence-electron chi connectivity index (χ3n) is 4.25. The van der Waals surface area contributed by atoms with Gasteiger partial charge in [-0.3, -0.25) is 0 Å². The molecule has 2 heteroatoms. The standard InChI is InChI=1S/C12H25NO/c1-9-5-6-10(2)12(14,7-9)11(3,4)8-13/h9-10,14H,5-8,13H2,1-4H3. The van der Waals surface area contributed by atoms with Crippen LogP contribution in [0.1, 0.15) is 47.0 Å². The maximum Gasteiger partial charge on any atom is 0.0738 e. The number of rotatable bonds is 2. The van der Waals surface area contributed by atoms with Gasteiger partial charge in [0.25, 0.3) is 0 Å². The van der Waals surface area contributed by atoms with Crippen molar-refractivity contribution in [3.63, 3.8) is 0 Å². The number of aliphatic hydroxyl groups is 1. The van der Waals surface area contributed by atoms with E-state index in [9.17, 15) is 5.11 Å². The van der Waals surface area contributed by atoms with E-state index in [2.05, 4.69) is 27.7 Å². The first kappa shape index (κ1) is 12.0. The fourth-order valence-corrected chi connectivity index (χ4v) is 2.73. The fourth-order valence-electron chi connectivity index (χ4n) is 2.73. The third kappa shape index (κ3) is 1.82. The molecule has 84 valence electrons. The zero-order valence-corrected chi connectivity index (χ0v) is 10.0. The molecule has 0 spiro atoms. The van der Waals surface area contributed by atoms with Gasteiger partial charge in [-0.15, -0.1) is 0 Å². The van der Waals surface area contributed by atoms with Crippen LogP contribution in [-0.4, -0.2) is 17.3 Å². The van der Waals surface area contributed by atoms with Crippen molar-refractivity contribution >= 4 is 0 Å². The van der Waals surface area contributed by atoms with E-state index in [1.807, 2.05) is 0 Å². The smallest absolute Gasteiger partial charge is 0.0738 e. The Labute approximate surface area is 87.9 Å². The van der Waals surface area contributed by atoms with Crippen LogP contribution >= 0.6 is 0 Å². The van der Waals surface area contributed by atoms with Crippen molar-refractivity contribution in [3.05, 3.63) is 0 Å². The molecule has 1 saturated carbocycles. The van der Waals surface area contributed by atoms with Crippen molar-refractivity contribution in [1.29, 1.82) is 0 Å². The van der Waals surface area contributed by atoms with Crippen LogP contribution in [0.2, 0.25) is 0 Å². The normalized spacial score (nSPS) is 39.9. The van der Waals surface area contributed by atoms with E-state index in [1.54, 1.807) is 0 Å². The molecule has 0 aromatic carbocycles. The predicted octanol–water partition coefficient (Wildman–Crippen LogP) is 2.16. The minimum absolute atomic E-state index is 0.166. The van der Waals surface area contributed by atoms with Crippen LogP contribution < -0.4 is 5.73 Å². The highest BCUT2D eigenvalue weighted by Gasteiger charge is 2.48. The number of hydrogen-bond acceptors (Lipinski definition) is 2. The van der Waals surface area contributed by atoms with Crippen LogP contribution in [0.4, 0.5) is 0 Å². The van der Waals surface area contributed by atoms with Gasteiger partial charge in [-0.05, 0) is 24.7 Å². The Bertz CT molecular complexity index is 202. The lowest BCUT2D eigenvalue weighted by Gasteiger charge is -2.50. The summed E-state index contributed by atoms with van der Waals surface area (Å²) in [5.74, 6) is 0.999. The largest absolute Gasteiger partial charge is 0.389 e. The molecular formula is C12H25NO. The van der Waals surface area contributed by atoms with Gasteiger partial charge in [0.2, 0.25) is 0 Å². The minimum Gasteiger partial charge on any atom is -0.389 e. The van der Waals surface area contributed by atoms with Crippen LogP contribution in [0, 0.1) is 17.3 Å². The molecule has 3 atom stereocenters. The molecule has 1 rings (SSSR count). The molecule has 2 nitrogen and oxygen atoms in total. The van der Waals surface area contributed by atoms with Crippen LogP contribution in [0.5, 0.6) is 0 Å². The maximum absolute atomic E-state index is 10.8. The summed E-state index contributed by atoms with van der Waals surface area (Å²) in [6, 6.07) is 0. The molecule has 0 bridgehead atoms. The molecule has 0 radical (unpaired) electrons. The molecule has 1 aliphatic rings. The van der Waals surface area contributed by atoms with Gasteiger partial charge in [0.05, 0.1) is 5.60 Å². The van der Waals surface area contributed by atoms with Gasteiger partial charge in [-0.25, -0.2) is 0 Å². The highest BCUT2D eigenvalue weighted by molar-refractivity contribution is 5.00. The van der Waals surface area contributed by atoms with Gasteiger partial charge in [0.15, 0.2) is 0 Å². The monoisotopic (exact) mass is 199 g/mol. The second kappa shape index (κ2) is 3.82. The molecule has 0 aliphatic heterocycles. The molecule has 3 N–H and O–H groups in total. The van der Waals surface area contributed by atoms with Gasteiger partial charge in [0, 0.05) is 12.0 Å². The van der Waals surface area contributed by atoms with E-state index in [0.29, 0.717) is 18.4 Å². The Morgan fingerprint density at radius 2 is 1.93 bits per heavy atom. The van der Waals surface area contributed by atoms with Crippen molar-refractivity contribution in [2.24, 2.45) is 23.0 Å². The van der Waals surface area contributed by atoms with Gasteiger partial charge >= 0.3 is 0 Å². The summed E-state index contributed by atoms with van der Waals surface area (Å²) in [5.41, 5.74) is 5.03. The SMILES string of the molecule is CC1CCC(C)C(O)(C(C)(C)CN)C1. The Balaban J connectivity index is 2.88. The minimum atomic E-state index is -0.570. The van der Waals surface area contributed by atoms with E-state index >= 15 is 0 Å². The van der Waals surface area contributed by atoms with Crippen molar-refractivity contribution in [2.45, 2.75) is 52.6 Å². The zero-order chi connectivity index (χ0) is 11.0. The summed E-state index contributed by atoms with van der Waals surface area (Å²) >= 11 is 0. The van der Waals surface area contributed by atoms with Crippen molar-refractivity contribution in [2.75, 3.05) is 6.54 Å². The highest BCUT2D eigenvalue weighted by Crippen LogP contribution is 2.46. The molecule has 0 heterocycles. The van der Waals surface area contributed by atoms with Crippen LogP contribution in [0.15, 0.2) is 0 Å². The summed E-state index contributed by atoms with van der Waals surface area (Å²) in [7, 11) is 0. The second-order valence-electron chi connectivity index (χ2n) is 5.80. The van der Waals surface area contributed by atoms with E-state index in [4.69, 9.17) is 5.73 Å². The highest BCUT2D eigenvalue weighted by atomic mass is 16.3. The summed E-state index contributed by atoms with van der Waals surface area (Å²) < 4.78 is 0. The van der Waals surface area contributed by atoms with Crippen molar-refractivity contribution < 1.29 is 5.11 Å². The average Bonchev–Trinajstić information content (AvgIpc) is 2.11. The van der Waals surface area contributed by atoms with Crippen LogP contribution in [0.3, 0.4) is 0 Å². The Kier molecular flexibility index (Phi) is 3.27. The Morgan fingerprint density at radius 1 is 1.36 bits per heavy atom. The van der Waals surface area contributed by atoms with Gasteiger partial charge in [-0.1, -0.05) is 34.1 Å². The molecule has 0 saturated heterocycles. The molecule has 1 aliphatic carbocycles. The summed E-state index contributed by atoms with van der Waals surface area (Å²) in [5, 5.41) is 10.8. The van der Waals surface area contributed by atoms with Crippen molar-refractivity contribution in [1.82, 2.24) is 0 Å². The lowest BCUT2D eigenvalue weighted by atomic mass is 9.60. The number of nitrogens with two attached hydrogens (primary N) is 1.